The van der Waals surface area contributed by atoms with Crippen LogP contribution in [0.4, 0.5) is 0 Å². The van der Waals surface area contributed by atoms with E-state index in [-0.39, 0.29) is 11.9 Å². The van der Waals surface area contributed by atoms with Crippen LogP contribution in [-0.4, -0.2) is 11.9 Å². The third-order valence-electron chi connectivity index (χ3n) is 1.59. The Kier molecular flexibility index (Phi) is 3.51. The highest BCUT2D eigenvalue weighted by Crippen LogP contribution is 2.07. The SMILES string of the molecule is Cc1ccc(C=CC(=O)NC(C)C)o1. The molecule has 0 aliphatic rings. The van der Waals surface area contributed by atoms with Gasteiger partial charge in [0.15, 0.2) is 0 Å². The van der Waals surface area contributed by atoms with E-state index in [0.29, 0.717) is 5.76 Å². The first-order chi connectivity index (χ1) is 6.58. The molecule has 0 fully saturated rings. The summed E-state index contributed by atoms with van der Waals surface area (Å²) in [4.78, 5) is 11.2. The number of aryl methyl sites for hydroxylation is 1. The van der Waals surface area contributed by atoms with Gasteiger partial charge in [0.05, 0.1) is 0 Å². The Bertz CT molecular complexity index is 337. The maximum atomic E-state index is 11.2. The van der Waals surface area contributed by atoms with Crippen LogP contribution in [0.2, 0.25) is 0 Å². The summed E-state index contributed by atoms with van der Waals surface area (Å²) in [6, 6.07) is 3.85. The zero-order valence-electron chi connectivity index (χ0n) is 8.70. The summed E-state index contributed by atoms with van der Waals surface area (Å²) in [5, 5.41) is 2.75. The molecule has 1 amide bonds. The summed E-state index contributed by atoms with van der Waals surface area (Å²) < 4.78 is 5.27. The molecular weight excluding hydrogens is 178 g/mol. The number of hydrogen-bond acceptors (Lipinski definition) is 2. The highest BCUT2D eigenvalue weighted by Gasteiger charge is 1.98. The third kappa shape index (κ3) is 3.47. The zero-order valence-corrected chi connectivity index (χ0v) is 8.70. The van der Waals surface area contributed by atoms with E-state index in [4.69, 9.17) is 4.42 Å². The standard InChI is InChI=1S/C11H15NO2/c1-8(2)12-11(13)7-6-10-5-4-9(3)14-10/h4-8H,1-3H3,(H,12,13). The third-order valence-corrected chi connectivity index (χ3v) is 1.59. The first kappa shape index (κ1) is 10.6. The Morgan fingerprint density at radius 2 is 2.21 bits per heavy atom. The quantitative estimate of drug-likeness (QED) is 0.747. The van der Waals surface area contributed by atoms with Gasteiger partial charge >= 0.3 is 0 Å². The lowest BCUT2D eigenvalue weighted by molar-refractivity contribution is -0.116. The molecule has 0 bridgehead atoms. The van der Waals surface area contributed by atoms with Crippen molar-refractivity contribution >= 4 is 12.0 Å². The maximum Gasteiger partial charge on any atom is 0.244 e. The van der Waals surface area contributed by atoms with Crippen LogP contribution in [0.1, 0.15) is 25.4 Å². The summed E-state index contributed by atoms with van der Waals surface area (Å²) in [6.45, 7) is 5.71. The summed E-state index contributed by atoms with van der Waals surface area (Å²) in [5.74, 6) is 1.43. The predicted octanol–water partition coefficient (Wildman–Crippen LogP) is 2.13. The van der Waals surface area contributed by atoms with Crippen LogP contribution < -0.4 is 5.32 Å². The monoisotopic (exact) mass is 193 g/mol. The Morgan fingerprint density at radius 3 is 2.71 bits per heavy atom. The van der Waals surface area contributed by atoms with Crippen LogP contribution in [0, 0.1) is 6.92 Å². The van der Waals surface area contributed by atoms with Gasteiger partial charge in [-0.25, -0.2) is 0 Å². The average molecular weight is 193 g/mol. The van der Waals surface area contributed by atoms with Gasteiger partial charge in [-0.3, -0.25) is 4.79 Å². The van der Waals surface area contributed by atoms with Crippen LogP contribution >= 0.6 is 0 Å². The van der Waals surface area contributed by atoms with E-state index < -0.39 is 0 Å². The molecule has 1 N–H and O–H groups in total. The molecule has 1 rings (SSSR count). The Morgan fingerprint density at radius 1 is 1.50 bits per heavy atom. The van der Waals surface area contributed by atoms with Crippen LogP contribution in [0.3, 0.4) is 0 Å². The van der Waals surface area contributed by atoms with Crippen molar-refractivity contribution in [2.24, 2.45) is 0 Å². The minimum Gasteiger partial charge on any atom is -0.462 e. The molecule has 0 aliphatic heterocycles. The van der Waals surface area contributed by atoms with E-state index in [2.05, 4.69) is 5.32 Å². The molecule has 0 radical (unpaired) electrons. The van der Waals surface area contributed by atoms with Gasteiger partial charge in [-0.2, -0.15) is 0 Å². The molecule has 0 aliphatic carbocycles. The average Bonchev–Trinajstić information content (AvgIpc) is 2.47. The van der Waals surface area contributed by atoms with Gasteiger partial charge in [0.25, 0.3) is 0 Å². The number of carbonyl (C=O) groups excluding carboxylic acids is 1. The first-order valence-electron chi connectivity index (χ1n) is 4.63. The molecule has 1 aromatic rings. The highest BCUT2D eigenvalue weighted by atomic mass is 16.3. The molecule has 3 nitrogen and oxygen atoms in total. The van der Waals surface area contributed by atoms with Crippen molar-refractivity contribution in [1.82, 2.24) is 5.32 Å². The molecule has 0 atom stereocenters. The van der Waals surface area contributed by atoms with Gasteiger partial charge in [0.2, 0.25) is 5.91 Å². The van der Waals surface area contributed by atoms with Gasteiger partial charge in [-0.1, -0.05) is 0 Å². The van der Waals surface area contributed by atoms with Gasteiger partial charge in [0, 0.05) is 12.1 Å². The fraction of sp³-hybridized carbons (Fsp3) is 0.364. The second-order valence-corrected chi connectivity index (χ2v) is 3.45. The molecular formula is C11H15NO2. The van der Waals surface area contributed by atoms with E-state index in [9.17, 15) is 4.79 Å². The molecule has 0 spiro atoms. The summed E-state index contributed by atoms with van der Waals surface area (Å²) in [6.07, 6.45) is 3.13. The van der Waals surface area contributed by atoms with Crippen LogP contribution in [-0.2, 0) is 4.79 Å². The smallest absolute Gasteiger partial charge is 0.244 e. The van der Waals surface area contributed by atoms with Gasteiger partial charge in [-0.05, 0) is 39.0 Å². The van der Waals surface area contributed by atoms with Crippen LogP contribution in [0.15, 0.2) is 22.6 Å². The highest BCUT2D eigenvalue weighted by molar-refractivity contribution is 5.91. The lowest BCUT2D eigenvalue weighted by Crippen LogP contribution is -2.28. The Balaban J connectivity index is 2.51. The molecule has 3 heteroatoms. The number of hydrogen-bond donors (Lipinski definition) is 1. The van der Waals surface area contributed by atoms with E-state index >= 15 is 0 Å². The molecule has 1 aromatic heterocycles. The summed E-state index contributed by atoms with van der Waals surface area (Å²) in [5.41, 5.74) is 0. The van der Waals surface area contributed by atoms with Crippen molar-refractivity contribution in [3.63, 3.8) is 0 Å². The van der Waals surface area contributed by atoms with Gasteiger partial charge in [0.1, 0.15) is 11.5 Å². The van der Waals surface area contributed by atoms with Gasteiger partial charge in [-0.15, -0.1) is 0 Å². The molecule has 0 saturated heterocycles. The molecule has 0 aromatic carbocycles. The predicted molar refractivity (Wildman–Crippen MR) is 55.8 cm³/mol. The van der Waals surface area contributed by atoms with E-state index in [1.807, 2.05) is 32.9 Å². The number of amides is 1. The van der Waals surface area contributed by atoms with Gasteiger partial charge < -0.3 is 9.73 Å². The fourth-order valence-corrected chi connectivity index (χ4v) is 1.03. The Hall–Kier alpha value is -1.51. The van der Waals surface area contributed by atoms with E-state index in [0.717, 1.165) is 5.76 Å². The molecule has 14 heavy (non-hydrogen) atoms. The van der Waals surface area contributed by atoms with Crippen molar-refractivity contribution in [3.8, 4) is 0 Å². The zero-order chi connectivity index (χ0) is 10.6. The summed E-state index contributed by atoms with van der Waals surface area (Å²) in [7, 11) is 0. The van der Waals surface area contributed by atoms with Crippen molar-refractivity contribution in [1.29, 1.82) is 0 Å². The molecule has 76 valence electrons. The minimum atomic E-state index is -0.103. The first-order valence-corrected chi connectivity index (χ1v) is 4.63. The van der Waals surface area contributed by atoms with Crippen molar-refractivity contribution in [2.45, 2.75) is 26.8 Å². The summed E-state index contributed by atoms with van der Waals surface area (Å²) >= 11 is 0. The maximum absolute atomic E-state index is 11.2. The van der Waals surface area contributed by atoms with Crippen LogP contribution in [0.5, 0.6) is 0 Å². The number of nitrogens with one attached hydrogen (secondary N) is 1. The minimum absolute atomic E-state index is 0.103. The second kappa shape index (κ2) is 4.65. The lowest BCUT2D eigenvalue weighted by Gasteiger charge is -2.03. The number of rotatable bonds is 3. The fourth-order valence-electron chi connectivity index (χ4n) is 1.03. The Labute approximate surface area is 83.8 Å². The largest absolute Gasteiger partial charge is 0.462 e. The van der Waals surface area contributed by atoms with Crippen molar-refractivity contribution in [2.75, 3.05) is 0 Å². The molecule has 1 heterocycles. The normalized spacial score (nSPS) is 11.1. The van der Waals surface area contributed by atoms with Crippen molar-refractivity contribution < 1.29 is 9.21 Å². The van der Waals surface area contributed by atoms with Crippen molar-refractivity contribution in [3.05, 3.63) is 29.7 Å². The topological polar surface area (TPSA) is 42.2 Å². The van der Waals surface area contributed by atoms with E-state index in [1.54, 1.807) is 6.08 Å². The second-order valence-electron chi connectivity index (χ2n) is 3.45. The van der Waals surface area contributed by atoms with E-state index in [1.165, 1.54) is 6.08 Å². The lowest BCUT2D eigenvalue weighted by atomic mass is 10.3. The van der Waals surface area contributed by atoms with Crippen LogP contribution in [0.25, 0.3) is 6.08 Å². The number of furan rings is 1. The number of carbonyl (C=O) groups is 1. The molecule has 0 saturated carbocycles. The molecule has 0 unspecified atom stereocenters.